The molecule has 0 aliphatic heterocycles. The number of aryl methyl sites for hydroxylation is 1. The topological polar surface area (TPSA) is 62.0 Å². The molecule has 1 unspecified atom stereocenters. The van der Waals surface area contributed by atoms with Crippen molar-refractivity contribution in [1.29, 1.82) is 0 Å². The quantitative estimate of drug-likeness (QED) is 0.304. The number of rotatable bonds is 8. The lowest BCUT2D eigenvalue weighted by molar-refractivity contribution is 0.114. The molecule has 0 saturated heterocycles. The molecular formula is C19H27Cl2IN4O2. The van der Waals surface area contributed by atoms with E-state index in [1.54, 1.807) is 18.2 Å². The number of aliphatic hydroxyl groups excluding tert-OH is 1. The molecule has 6 nitrogen and oxygen atoms in total. The summed E-state index contributed by atoms with van der Waals surface area (Å²) in [5.41, 5.74) is 1.17. The molecule has 9 heteroatoms. The third-order valence-corrected chi connectivity index (χ3v) is 4.75. The van der Waals surface area contributed by atoms with Crippen LogP contribution in [0.4, 0.5) is 0 Å². The van der Waals surface area contributed by atoms with E-state index in [9.17, 15) is 5.11 Å². The highest BCUT2D eigenvalue weighted by atomic mass is 127. The summed E-state index contributed by atoms with van der Waals surface area (Å²) in [6, 6.07) is 9.22. The van der Waals surface area contributed by atoms with Crippen molar-refractivity contribution in [2.45, 2.75) is 19.6 Å². The predicted octanol–water partition coefficient (Wildman–Crippen LogP) is 3.79. The minimum Gasteiger partial charge on any atom is -0.489 e. The molecule has 0 amide bonds. The van der Waals surface area contributed by atoms with Gasteiger partial charge >= 0.3 is 0 Å². The number of aliphatic imine (C=N–C) groups is 1. The Hall–Kier alpha value is -1.16. The molecule has 0 spiro atoms. The van der Waals surface area contributed by atoms with Crippen LogP contribution in [0, 0.1) is 0 Å². The van der Waals surface area contributed by atoms with E-state index in [1.165, 1.54) is 5.69 Å². The van der Waals surface area contributed by atoms with Crippen molar-refractivity contribution in [2.75, 3.05) is 26.7 Å². The van der Waals surface area contributed by atoms with Gasteiger partial charge in [-0.05, 0) is 31.2 Å². The lowest BCUT2D eigenvalue weighted by Gasteiger charge is -2.23. The normalized spacial score (nSPS) is 12.3. The first-order valence-electron chi connectivity index (χ1n) is 8.76. The van der Waals surface area contributed by atoms with Gasteiger partial charge in [0.25, 0.3) is 0 Å². The minimum atomic E-state index is -0.767. The van der Waals surface area contributed by atoms with Gasteiger partial charge in [0.2, 0.25) is 0 Å². The van der Waals surface area contributed by atoms with Crippen LogP contribution in [0.25, 0.3) is 0 Å². The van der Waals surface area contributed by atoms with Crippen LogP contribution < -0.4 is 10.1 Å². The molecule has 0 saturated carbocycles. The third-order valence-electron chi connectivity index (χ3n) is 3.95. The van der Waals surface area contributed by atoms with Crippen molar-refractivity contribution in [3.05, 3.63) is 52.3 Å². The Balaban J connectivity index is 0.00000392. The van der Waals surface area contributed by atoms with Gasteiger partial charge in [-0.2, -0.15) is 0 Å². The zero-order valence-electron chi connectivity index (χ0n) is 16.2. The zero-order chi connectivity index (χ0) is 19.8. The molecule has 1 heterocycles. The highest BCUT2D eigenvalue weighted by molar-refractivity contribution is 14.0. The summed E-state index contributed by atoms with van der Waals surface area (Å²) >= 11 is 12.0. The number of aromatic nitrogens is 1. The van der Waals surface area contributed by atoms with Gasteiger partial charge in [0.05, 0.1) is 18.1 Å². The molecule has 28 heavy (non-hydrogen) atoms. The molecule has 1 atom stereocenters. The monoisotopic (exact) mass is 540 g/mol. The van der Waals surface area contributed by atoms with E-state index in [1.807, 2.05) is 38.2 Å². The van der Waals surface area contributed by atoms with Gasteiger partial charge in [0.1, 0.15) is 23.5 Å². The first-order chi connectivity index (χ1) is 12.9. The highest BCUT2D eigenvalue weighted by Gasteiger charge is 2.12. The molecule has 2 rings (SSSR count). The van der Waals surface area contributed by atoms with Crippen LogP contribution >= 0.6 is 47.2 Å². The molecule has 1 aromatic heterocycles. The lowest BCUT2D eigenvalue weighted by atomic mass is 10.3. The maximum atomic E-state index is 10.2. The van der Waals surface area contributed by atoms with E-state index in [0.717, 1.165) is 12.5 Å². The van der Waals surface area contributed by atoms with Crippen LogP contribution in [0.5, 0.6) is 5.75 Å². The number of nitrogens with zero attached hydrogens (tertiary/aromatic N) is 3. The van der Waals surface area contributed by atoms with Crippen LogP contribution in [0.2, 0.25) is 10.0 Å². The molecule has 1 aromatic carbocycles. The summed E-state index contributed by atoms with van der Waals surface area (Å²) in [5, 5.41) is 14.2. The fourth-order valence-electron chi connectivity index (χ4n) is 2.47. The second kappa shape index (κ2) is 12.4. The van der Waals surface area contributed by atoms with Crippen LogP contribution in [0.3, 0.4) is 0 Å². The fourth-order valence-corrected chi connectivity index (χ4v) is 2.82. The Labute approximate surface area is 193 Å². The number of hydrogen-bond acceptors (Lipinski definition) is 3. The van der Waals surface area contributed by atoms with Crippen molar-refractivity contribution >= 4 is 53.1 Å². The molecule has 2 aromatic rings. The Morgan fingerprint density at radius 2 is 2.07 bits per heavy atom. The number of benzene rings is 1. The summed E-state index contributed by atoms with van der Waals surface area (Å²) in [5.74, 6) is 1.17. The van der Waals surface area contributed by atoms with Gasteiger partial charge in [-0.25, -0.2) is 0 Å². The van der Waals surface area contributed by atoms with E-state index < -0.39 is 6.10 Å². The maximum Gasteiger partial charge on any atom is 0.194 e. The van der Waals surface area contributed by atoms with Crippen molar-refractivity contribution in [3.63, 3.8) is 0 Å². The van der Waals surface area contributed by atoms with E-state index in [-0.39, 0.29) is 37.1 Å². The van der Waals surface area contributed by atoms with Gasteiger partial charge in [0, 0.05) is 32.5 Å². The largest absolute Gasteiger partial charge is 0.489 e. The Kier molecular flexibility index (Phi) is 11.0. The average molecular weight is 541 g/mol. The van der Waals surface area contributed by atoms with Crippen molar-refractivity contribution in [1.82, 2.24) is 14.8 Å². The molecule has 0 aliphatic rings. The Morgan fingerprint density at radius 1 is 1.32 bits per heavy atom. The molecule has 0 aliphatic carbocycles. The zero-order valence-corrected chi connectivity index (χ0v) is 20.1. The number of aliphatic hydroxyl groups is 1. The molecule has 0 fully saturated rings. The average Bonchev–Trinajstić information content (AvgIpc) is 3.04. The smallest absolute Gasteiger partial charge is 0.194 e. The van der Waals surface area contributed by atoms with Crippen molar-refractivity contribution in [2.24, 2.45) is 12.0 Å². The highest BCUT2D eigenvalue weighted by Crippen LogP contribution is 2.31. The standard InChI is InChI=1S/C19H26Cl2N4O2.HI/c1-4-22-19(25(3)12-14-7-6-10-24(14)2)23-11-15(26)13-27-17-9-5-8-16(20)18(17)21;/h5-10,15,26H,4,11-13H2,1-3H3,(H,22,23);1H. The Bertz CT molecular complexity index is 770. The second-order valence-corrected chi connectivity index (χ2v) is 6.96. The number of guanidine groups is 1. The van der Waals surface area contributed by atoms with Crippen molar-refractivity contribution < 1.29 is 9.84 Å². The van der Waals surface area contributed by atoms with Gasteiger partial charge < -0.3 is 24.6 Å². The molecule has 2 N–H and O–H groups in total. The first-order valence-corrected chi connectivity index (χ1v) is 9.52. The number of nitrogens with one attached hydrogen (secondary N) is 1. The molecule has 0 bridgehead atoms. The second-order valence-electron chi connectivity index (χ2n) is 6.18. The Morgan fingerprint density at radius 3 is 2.71 bits per heavy atom. The van der Waals surface area contributed by atoms with Crippen LogP contribution in [0.15, 0.2) is 41.5 Å². The van der Waals surface area contributed by atoms with Crippen LogP contribution in [-0.4, -0.2) is 53.4 Å². The summed E-state index contributed by atoms with van der Waals surface area (Å²) < 4.78 is 7.63. The summed E-state index contributed by atoms with van der Waals surface area (Å²) in [6.45, 7) is 3.73. The lowest BCUT2D eigenvalue weighted by Crippen LogP contribution is -2.39. The van der Waals surface area contributed by atoms with E-state index >= 15 is 0 Å². The SMILES string of the molecule is CCNC(=NCC(O)COc1cccc(Cl)c1Cl)N(C)Cc1cccn1C.I. The number of ether oxygens (including phenoxy) is 1. The minimum absolute atomic E-state index is 0. The predicted molar refractivity (Wildman–Crippen MR) is 126 cm³/mol. The first kappa shape index (κ1) is 24.9. The fraction of sp³-hybridized carbons (Fsp3) is 0.421. The van der Waals surface area contributed by atoms with Crippen molar-refractivity contribution in [3.8, 4) is 5.75 Å². The third kappa shape index (κ3) is 7.35. The van der Waals surface area contributed by atoms with Gasteiger partial charge in [-0.1, -0.05) is 29.3 Å². The number of halogens is 3. The summed E-state index contributed by atoms with van der Waals surface area (Å²) in [6.07, 6.45) is 1.24. The maximum absolute atomic E-state index is 10.2. The molecular weight excluding hydrogens is 514 g/mol. The molecule has 156 valence electrons. The summed E-state index contributed by atoms with van der Waals surface area (Å²) in [7, 11) is 3.97. The van der Waals surface area contributed by atoms with Gasteiger partial charge in [-0.15, -0.1) is 24.0 Å². The van der Waals surface area contributed by atoms with Gasteiger partial charge in [0.15, 0.2) is 5.96 Å². The van der Waals surface area contributed by atoms with Crippen LogP contribution in [0.1, 0.15) is 12.6 Å². The van der Waals surface area contributed by atoms with E-state index in [0.29, 0.717) is 22.3 Å². The number of hydrogen-bond donors (Lipinski definition) is 2. The van der Waals surface area contributed by atoms with E-state index in [4.69, 9.17) is 27.9 Å². The van der Waals surface area contributed by atoms with Gasteiger partial charge in [-0.3, -0.25) is 4.99 Å². The summed E-state index contributed by atoms with van der Waals surface area (Å²) in [4.78, 5) is 6.52. The van der Waals surface area contributed by atoms with E-state index in [2.05, 4.69) is 20.9 Å². The van der Waals surface area contributed by atoms with Crippen LogP contribution in [-0.2, 0) is 13.6 Å². The molecule has 0 radical (unpaired) electrons.